The summed E-state index contributed by atoms with van der Waals surface area (Å²) < 4.78 is 26.9. The fourth-order valence-electron chi connectivity index (χ4n) is 3.07. The number of aryl methyl sites for hydroxylation is 1. The first-order valence-corrected chi connectivity index (χ1v) is 11.3. The molecule has 0 aliphatic carbocycles. The van der Waals surface area contributed by atoms with E-state index in [0.717, 1.165) is 5.56 Å². The number of hydrogen-bond acceptors (Lipinski definition) is 3. The van der Waals surface area contributed by atoms with Gasteiger partial charge in [0.05, 0.1) is 14.9 Å². The van der Waals surface area contributed by atoms with Gasteiger partial charge < -0.3 is 4.90 Å². The van der Waals surface area contributed by atoms with E-state index in [2.05, 4.69) is 0 Å². The normalized spacial score (nSPS) is 15.6. The first-order chi connectivity index (χ1) is 13.3. The maximum absolute atomic E-state index is 12.8. The summed E-state index contributed by atoms with van der Waals surface area (Å²) in [6.45, 7) is 1.20. The van der Waals surface area contributed by atoms with Crippen LogP contribution in [0, 0.1) is 0 Å². The molecule has 1 heterocycles. The van der Waals surface area contributed by atoms with Crippen LogP contribution in [0.15, 0.2) is 47.4 Å². The average molecular weight is 462 g/mol. The first-order valence-electron chi connectivity index (χ1n) is 8.75. The van der Waals surface area contributed by atoms with Gasteiger partial charge in [-0.15, -0.1) is 0 Å². The number of piperazine rings is 1. The van der Waals surface area contributed by atoms with Crippen molar-refractivity contribution < 1.29 is 13.2 Å². The van der Waals surface area contributed by atoms with Crippen molar-refractivity contribution in [1.82, 2.24) is 9.21 Å². The van der Waals surface area contributed by atoms with Crippen molar-refractivity contribution in [3.63, 3.8) is 0 Å². The number of benzene rings is 2. The van der Waals surface area contributed by atoms with Gasteiger partial charge in [-0.3, -0.25) is 4.79 Å². The standard InChI is InChI=1S/C19H19Cl3N2O3S/c20-15-3-1-2-14(12-15)4-7-19(25)23-8-10-24(11-9-23)28(26,27)16-5-6-17(21)18(22)13-16/h1-3,5-6,12-13H,4,7-11H2. The lowest BCUT2D eigenvalue weighted by Gasteiger charge is -2.34. The highest BCUT2D eigenvalue weighted by Gasteiger charge is 2.30. The van der Waals surface area contributed by atoms with Gasteiger partial charge in [-0.2, -0.15) is 4.31 Å². The van der Waals surface area contributed by atoms with Gasteiger partial charge in [-0.25, -0.2) is 8.42 Å². The van der Waals surface area contributed by atoms with Crippen LogP contribution in [0.5, 0.6) is 0 Å². The van der Waals surface area contributed by atoms with Crippen molar-refractivity contribution in [2.24, 2.45) is 0 Å². The van der Waals surface area contributed by atoms with Crippen LogP contribution < -0.4 is 0 Å². The zero-order chi connectivity index (χ0) is 20.3. The molecule has 1 aliphatic heterocycles. The molecular weight excluding hydrogens is 443 g/mol. The average Bonchev–Trinajstić information content (AvgIpc) is 2.68. The van der Waals surface area contributed by atoms with Crippen LogP contribution in [0.4, 0.5) is 0 Å². The Morgan fingerprint density at radius 1 is 0.929 bits per heavy atom. The molecule has 5 nitrogen and oxygen atoms in total. The lowest BCUT2D eigenvalue weighted by molar-refractivity contribution is -0.132. The highest BCUT2D eigenvalue weighted by atomic mass is 35.5. The first kappa shape index (κ1) is 21.4. The second-order valence-corrected chi connectivity index (χ2v) is 9.68. The molecule has 150 valence electrons. The Labute approximate surface area is 179 Å². The predicted octanol–water partition coefficient (Wildman–Crippen LogP) is 4.11. The molecular formula is C19H19Cl3N2O3S. The van der Waals surface area contributed by atoms with Gasteiger partial charge in [0.25, 0.3) is 0 Å². The van der Waals surface area contributed by atoms with Crippen molar-refractivity contribution in [1.29, 1.82) is 0 Å². The van der Waals surface area contributed by atoms with Gasteiger partial charge in [-0.1, -0.05) is 46.9 Å². The summed E-state index contributed by atoms with van der Waals surface area (Å²) >= 11 is 17.8. The van der Waals surface area contributed by atoms with Crippen LogP contribution in [-0.2, 0) is 21.2 Å². The van der Waals surface area contributed by atoms with Crippen LogP contribution >= 0.6 is 34.8 Å². The molecule has 28 heavy (non-hydrogen) atoms. The lowest BCUT2D eigenvalue weighted by atomic mass is 10.1. The molecule has 3 rings (SSSR count). The van der Waals surface area contributed by atoms with Crippen LogP contribution in [0.25, 0.3) is 0 Å². The van der Waals surface area contributed by atoms with E-state index in [1.807, 2.05) is 18.2 Å². The SMILES string of the molecule is O=C(CCc1cccc(Cl)c1)N1CCN(S(=O)(=O)c2ccc(Cl)c(Cl)c2)CC1. The number of halogens is 3. The molecule has 0 radical (unpaired) electrons. The van der Waals surface area contributed by atoms with Crippen LogP contribution in [0.3, 0.4) is 0 Å². The Kier molecular flexibility index (Phi) is 6.89. The number of nitrogens with zero attached hydrogens (tertiary/aromatic N) is 2. The van der Waals surface area contributed by atoms with Crippen molar-refractivity contribution in [2.45, 2.75) is 17.7 Å². The Balaban J connectivity index is 1.57. The van der Waals surface area contributed by atoms with E-state index >= 15 is 0 Å². The third-order valence-corrected chi connectivity index (χ3v) is 7.51. The Morgan fingerprint density at radius 3 is 2.29 bits per heavy atom. The minimum absolute atomic E-state index is 0.00607. The van der Waals surface area contributed by atoms with Crippen molar-refractivity contribution in [3.05, 3.63) is 63.1 Å². The fraction of sp³-hybridized carbons (Fsp3) is 0.316. The smallest absolute Gasteiger partial charge is 0.243 e. The number of sulfonamides is 1. The third kappa shape index (κ3) is 4.99. The molecule has 0 saturated carbocycles. The molecule has 1 fully saturated rings. The summed E-state index contributed by atoms with van der Waals surface area (Å²) in [7, 11) is -3.67. The maximum atomic E-state index is 12.8. The molecule has 1 saturated heterocycles. The summed E-state index contributed by atoms with van der Waals surface area (Å²) in [5, 5.41) is 1.14. The minimum atomic E-state index is -3.67. The van der Waals surface area contributed by atoms with E-state index in [-0.39, 0.29) is 28.9 Å². The van der Waals surface area contributed by atoms with E-state index in [4.69, 9.17) is 34.8 Å². The highest BCUT2D eigenvalue weighted by Crippen LogP contribution is 2.27. The second-order valence-electron chi connectivity index (χ2n) is 6.49. The van der Waals surface area contributed by atoms with Gasteiger partial charge >= 0.3 is 0 Å². The van der Waals surface area contributed by atoms with Gasteiger partial charge in [0, 0.05) is 37.6 Å². The minimum Gasteiger partial charge on any atom is -0.340 e. The molecule has 1 amide bonds. The zero-order valence-corrected chi connectivity index (χ0v) is 18.0. The van der Waals surface area contributed by atoms with Gasteiger partial charge in [-0.05, 0) is 42.3 Å². The molecule has 0 atom stereocenters. The Morgan fingerprint density at radius 2 is 1.64 bits per heavy atom. The van der Waals surface area contributed by atoms with Crippen molar-refractivity contribution in [2.75, 3.05) is 26.2 Å². The molecule has 2 aromatic carbocycles. The molecule has 1 aliphatic rings. The van der Waals surface area contributed by atoms with E-state index in [1.54, 1.807) is 11.0 Å². The monoisotopic (exact) mass is 460 g/mol. The fourth-order valence-corrected chi connectivity index (χ4v) is 5.09. The molecule has 0 bridgehead atoms. The van der Waals surface area contributed by atoms with Crippen LogP contribution in [0.2, 0.25) is 15.1 Å². The molecule has 0 aromatic heterocycles. The molecule has 9 heteroatoms. The van der Waals surface area contributed by atoms with Gasteiger partial charge in [0.15, 0.2) is 0 Å². The second kappa shape index (κ2) is 9.01. The molecule has 0 unspecified atom stereocenters. The molecule has 0 spiro atoms. The van der Waals surface area contributed by atoms with Crippen LogP contribution in [0.1, 0.15) is 12.0 Å². The summed E-state index contributed by atoms with van der Waals surface area (Å²) in [6.07, 6.45) is 0.959. The topological polar surface area (TPSA) is 57.7 Å². The highest BCUT2D eigenvalue weighted by molar-refractivity contribution is 7.89. The summed E-state index contributed by atoms with van der Waals surface area (Å²) in [5.41, 5.74) is 1.00. The van der Waals surface area contributed by atoms with E-state index in [1.165, 1.54) is 22.5 Å². The zero-order valence-electron chi connectivity index (χ0n) is 14.9. The number of amides is 1. The van der Waals surface area contributed by atoms with E-state index in [0.29, 0.717) is 36.0 Å². The quantitative estimate of drug-likeness (QED) is 0.673. The van der Waals surface area contributed by atoms with E-state index < -0.39 is 10.0 Å². The number of rotatable bonds is 5. The largest absolute Gasteiger partial charge is 0.340 e. The summed E-state index contributed by atoms with van der Waals surface area (Å²) in [4.78, 5) is 14.3. The predicted molar refractivity (Wildman–Crippen MR) is 112 cm³/mol. The Hall–Kier alpha value is -1.31. The summed E-state index contributed by atoms with van der Waals surface area (Å²) in [5.74, 6) is 0.00607. The van der Waals surface area contributed by atoms with Crippen molar-refractivity contribution in [3.8, 4) is 0 Å². The van der Waals surface area contributed by atoms with Gasteiger partial charge in [0.2, 0.25) is 15.9 Å². The molecule has 0 N–H and O–H groups in total. The third-order valence-electron chi connectivity index (χ3n) is 4.64. The van der Waals surface area contributed by atoms with Crippen molar-refractivity contribution >= 4 is 50.7 Å². The maximum Gasteiger partial charge on any atom is 0.243 e. The summed E-state index contributed by atoms with van der Waals surface area (Å²) in [6, 6.07) is 11.7. The van der Waals surface area contributed by atoms with Crippen LogP contribution in [-0.4, -0.2) is 49.7 Å². The molecule has 2 aromatic rings. The number of carbonyl (C=O) groups is 1. The Bertz CT molecular complexity index is 974. The van der Waals surface area contributed by atoms with E-state index in [9.17, 15) is 13.2 Å². The number of hydrogen-bond donors (Lipinski definition) is 0. The number of carbonyl (C=O) groups excluding carboxylic acids is 1. The lowest BCUT2D eigenvalue weighted by Crippen LogP contribution is -2.50. The van der Waals surface area contributed by atoms with Gasteiger partial charge in [0.1, 0.15) is 0 Å².